The van der Waals surface area contributed by atoms with Crippen LogP contribution in [-0.2, 0) is 6.54 Å². The van der Waals surface area contributed by atoms with Crippen molar-refractivity contribution in [2.75, 3.05) is 20.1 Å². The molecule has 1 aliphatic heterocycles. The summed E-state index contributed by atoms with van der Waals surface area (Å²) in [5.41, 5.74) is 1.55. The molecule has 0 unspecified atom stereocenters. The van der Waals surface area contributed by atoms with Crippen LogP contribution in [-0.4, -0.2) is 40.4 Å². The van der Waals surface area contributed by atoms with Gasteiger partial charge in [0.05, 0.1) is 12.2 Å². The lowest BCUT2D eigenvalue weighted by Crippen LogP contribution is -2.56. The average Bonchev–Trinajstić information content (AvgIpc) is 2.48. The summed E-state index contributed by atoms with van der Waals surface area (Å²) >= 11 is 0. The topological polar surface area (TPSA) is 33.1 Å². The third-order valence-electron chi connectivity index (χ3n) is 3.22. The molecule has 2 rings (SSSR count). The minimum atomic E-state index is 0.289. The van der Waals surface area contributed by atoms with E-state index in [1.165, 1.54) is 5.56 Å². The Morgan fingerprint density at radius 1 is 1.44 bits per heavy atom. The second kappa shape index (κ2) is 4.18. The highest BCUT2D eigenvalue weighted by Crippen LogP contribution is 2.28. The molecular formula is C12H22N4. The molecule has 0 aromatic carbocycles. The fourth-order valence-corrected chi connectivity index (χ4v) is 2.04. The maximum Gasteiger partial charge on any atom is 0.0773 e. The van der Waals surface area contributed by atoms with Crippen molar-refractivity contribution in [1.82, 2.24) is 20.0 Å². The normalized spacial score (nSPS) is 18.8. The molecule has 1 saturated heterocycles. The van der Waals surface area contributed by atoms with Crippen LogP contribution in [0.15, 0.2) is 12.4 Å². The highest BCUT2D eigenvalue weighted by atomic mass is 15.4. The molecule has 0 radical (unpaired) electrons. The van der Waals surface area contributed by atoms with E-state index in [4.69, 9.17) is 0 Å². The van der Waals surface area contributed by atoms with Gasteiger partial charge in [-0.2, -0.15) is 5.10 Å². The van der Waals surface area contributed by atoms with Crippen LogP contribution in [0.4, 0.5) is 0 Å². The zero-order valence-electron chi connectivity index (χ0n) is 10.7. The Balaban J connectivity index is 1.91. The molecule has 0 bridgehead atoms. The van der Waals surface area contributed by atoms with E-state index in [0.29, 0.717) is 6.04 Å². The van der Waals surface area contributed by atoms with Crippen LogP contribution < -0.4 is 5.32 Å². The van der Waals surface area contributed by atoms with Gasteiger partial charge < -0.3 is 5.32 Å². The molecule has 4 nitrogen and oxygen atoms in total. The van der Waals surface area contributed by atoms with Gasteiger partial charge in [-0.15, -0.1) is 0 Å². The Labute approximate surface area is 97.6 Å². The van der Waals surface area contributed by atoms with Crippen molar-refractivity contribution >= 4 is 0 Å². The molecule has 1 fully saturated rings. The summed E-state index contributed by atoms with van der Waals surface area (Å²) in [6.45, 7) is 9.92. The van der Waals surface area contributed by atoms with Crippen LogP contribution >= 0.6 is 0 Å². The first-order valence-electron chi connectivity index (χ1n) is 5.93. The van der Waals surface area contributed by atoms with Gasteiger partial charge in [0.2, 0.25) is 0 Å². The monoisotopic (exact) mass is 222 g/mol. The van der Waals surface area contributed by atoms with Gasteiger partial charge in [-0.05, 0) is 27.8 Å². The Bertz CT molecular complexity index is 344. The minimum absolute atomic E-state index is 0.289. The molecule has 1 aromatic rings. The van der Waals surface area contributed by atoms with Crippen LogP contribution in [0.25, 0.3) is 0 Å². The van der Waals surface area contributed by atoms with Gasteiger partial charge >= 0.3 is 0 Å². The first-order valence-corrected chi connectivity index (χ1v) is 5.93. The summed E-state index contributed by atoms with van der Waals surface area (Å²) in [7, 11) is 1.96. The molecule has 2 heterocycles. The highest BCUT2D eigenvalue weighted by molar-refractivity contribution is 5.05. The first-order chi connectivity index (χ1) is 7.50. The molecule has 0 amide bonds. The smallest absolute Gasteiger partial charge is 0.0773 e. The number of rotatable bonds is 3. The van der Waals surface area contributed by atoms with Crippen LogP contribution in [0.2, 0.25) is 0 Å². The zero-order chi connectivity index (χ0) is 11.8. The maximum atomic E-state index is 4.42. The second-order valence-corrected chi connectivity index (χ2v) is 5.59. The third kappa shape index (κ3) is 2.28. The quantitative estimate of drug-likeness (QED) is 0.836. The van der Waals surface area contributed by atoms with E-state index in [0.717, 1.165) is 19.6 Å². The van der Waals surface area contributed by atoms with Gasteiger partial charge in [-0.3, -0.25) is 9.58 Å². The van der Waals surface area contributed by atoms with Gasteiger partial charge in [-0.25, -0.2) is 0 Å². The molecule has 1 N–H and O–H groups in total. The third-order valence-corrected chi connectivity index (χ3v) is 3.22. The Kier molecular flexibility index (Phi) is 3.04. The van der Waals surface area contributed by atoms with Gasteiger partial charge in [0, 0.05) is 36.9 Å². The zero-order valence-corrected chi connectivity index (χ0v) is 10.7. The fraction of sp³-hybridized carbons (Fsp3) is 0.750. The number of aromatic nitrogens is 2. The van der Waals surface area contributed by atoms with E-state index in [9.17, 15) is 0 Å². The SMILES string of the molecule is CNCc1cnn(C2CN(C(C)(C)C)C2)c1. The van der Waals surface area contributed by atoms with Gasteiger partial charge in [-0.1, -0.05) is 0 Å². The molecule has 0 aliphatic carbocycles. The largest absolute Gasteiger partial charge is 0.316 e. The summed E-state index contributed by atoms with van der Waals surface area (Å²) in [4.78, 5) is 2.48. The lowest BCUT2D eigenvalue weighted by atomic mass is 9.98. The maximum absolute atomic E-state index is 4.42. The summed E-state index contributed by atoms with van der Waals surface area (Å²) in [5, 5.41) is 7.56. The van der Waals surface area contributed by atoms with E-state index in [-0.39, 0.29) is 5.54 Å². The van der Waals surface area contributed by atoms with E-state index >= 15 is 0 Å². The number of nitrogens with zero attached hydrogens (tertiary/aromatic N) is 3. The van der Waals surface area contributed by atoms with Gasteiger partial charge in [0.15, 0.2) is 0 Å². The summed E-state index contributed by atoms with van der Waals surface area (Å²) in [5.74, 6) is 0. The van der Waals surface area contributed by atoms with E-state index in [1.54, 1.807) is 0 Å². The number of nitrogens with one attached hydrogen (secondary N) is 1. The van der Waals surface area contributed by atoms with Crippen molar-refractivity contribution in [3.05, 3.63) is 18.0 Å². The van der Waals surface area contributed by atoms with Crippen molar-refractivity contribution in [3.8, 4) is 0 Å². The van der Waals surface area contributed by atoms with Crippen molar-refractivity contribution in [3.63, 3.8) is 0 Å². The Morgan fingerprint density at radius 3 is 2.69 bits per heavy atom. The van der Waals surface area contributed by atoms with Crippen molar-refractivity contribution in [2.45, 2.75) is 38.9 Å². The van der Waals surface area contributed by atoms with Gasteiger partial charge in [0.1, 0.15) is 0 Å². The van der Waals surface area contributed by atoms with Crippen LogP contribution in [0, 0.1) is 0 Å². The predicted molar refractivity (Wildman–Crippen MR) is 65.4 cm³/mol. The molecule has 0 atom stereocenters. The number of hydrogen-bond donors (Lipinski definition) is 1. The summed E-state index contributed by atoms with van der Waals surface area (Å²) in [6, 6.07) is 0.560. The van der Waals surface area contributed by atoms with Crippen molar-refractivity contribution < 1.29 is 0 Å². The molecule has 4 heteroatoms. The number of hydrogen-bond acceptors (Lipinski definition) is 3. The summed E-state index contributed by atoms with van der Waals surface area (Å²) in [6.07, 6.45) is 4.11. The van der Waals surface area contributed by atoms with Crippen LogP contribution in [0.1, 0.15) is 32.4 Å². The van der Waals surface area contributed by atoms with E-state index < -0.39 is 0 Å². The Hall–Kier alpha value is -0.870. The van der Waals surface area contributed by atoms with Crippen molar-refractivity contribution in [1.29, 1.82) is 0 Å². The minimum Gasteiger partial charge on any atom is -0.316 e. The molecule has 90 valence electrons. The van der Waals surface area contributed by atoms with E-state index in [1.807, 2.05) is 13.2 Å². The molecule has 0 saturated carbocycles. The highest BCUT2D eigenvalue weighted by Gasteiger charge is 2.35. The molecule has 1 aromatic heterocycles. The first kappa shape index (κ1) is 11.6. The predicted octanol–water partition coefficient (Wildman–Crippen LogP) is 1.26. The lowest BCUT2D eigenvalue weighted by molar-refractivity contribution is 0.0154. The molecule has 0 spiro atoms. The van der Waals surface area contributed by atoms with Gasteiger partial charge in [0.25, 0.3) is 0 Å². The van der Waals surface area contributed by atoms with Crippen LogP contribution in [0.3, 0.4) is 0 Å². The lowest BCUT2D eigenvalue weighted by Gasteiger charge is -2.47. The van der Waals surface area contributed by atoms with Crippen molar-refractivity contribution in [2.24, 2.45) is 0 Å². The second-order valence-electron chi connectivity index (χ2n) is 5.59. The van der Waals surface area contributed by atoms with E-state index in [2.05, 4.69) is 47.0 Å². The molecule has 1 aliphatic rings. The standard InChI is InChI=1S/C12H22N4/c1-12(2,3)15-8-11(9-15)16-7-10(5-13-4)6-14-16/h6-7,11,13H,5,8-9H2,1-4H3. The average molecular weight is 222 g/mol. The Morgan fingerprint density at radius 2 is 2.12 bits per heavy atom. The summed E-state index contributed by atoms with van der Waals surface area (Å²) < 4.78 is 2.11. The fourth-order valence-electron chi connectivity index (χ4n) is 2.04. The molecular weight excluding hydrogens is 200 g/mol. The molecule has 16 heavy (non-hydrogen) atoms. The number of likely N-dealkylation sites (tertiary alicyclic amines) is 1. The van der Waals surface area contributed by atoms with Crippen LogP contribution in [0.5, 0.6) is 0 Å².